The van der Waals surface area contributed by atoms with E-state index in [2.05, 4.69) is 10.6 Å². The molecule has 3 unspecified atom stereocenters. The van der Waals surface area contributed by atoms with E-state index in [4.69, 9.17) is 4.74 Å². The van der Waals surface area contributed by atoms with E-state index in [0.717, 1.165) is 23.6 Å². The normalized spacial score (nSPS) is 23.1. The number of carbonyl (C=O) groups excluding carboxylic acids is 4. The Morgan fingerprint density at radius 1 is 1.11 bits per heavy atom. The minimum absolute atomic E-state index is 0.0362. The van der Waals surface area contributed by atoms with Crippen molar-refractivity contribution in [1.29, 1.82) is 0 Å². The van der Waals surface area contributed by atoms with Crippen molar-refractivity contribution in [2.24, 2.45) is 5.92 Å². The lowest BCUT2D eigenvalue weighted by Crippen LogP contribution is -2.50. The lowest BCUT2D eigenvalue weighted by atomic mass is 9.97. The monoisotopic (exact) mass is 507 g/mol. The van der Waals surface area contributed by atoms with Gasteiger partial charge in [-0.05, 0) is 48.6 Å². The van der Waals surface area contributed by atoms with Crippen LogP contribution in [0.15, 0.2) is 54.6 Å². The third-order valence-corrected chi connectivity index (χ3v) is 6.86. The molecule has 2 aliphatic heterocycles. The highest BCUT2D eigenvalue weighted by molar-refractivity contribution is 5.99. The zero-order valence-electron chi connectivity index (χ0n) is 20.7. The molecular formula is C28H33N3O6. The van der Waals surface area contributed by atoms with Crippen LogP contribution in [0.3, 0.4) is 0 Å². The zero-order chi connectivity index (χ0) is 26.2. The number of amides is 3. The lowest BCUT2D eigenvalue weighted by molar-refractivity contribution is -0.146. The molecule has 0 radical (unpaired) electrons. The van der Waals surface area contributed by atoms with Crippen LogP contribution in [0, 0.1) is 5.92 Å². The maximum atomic E-state index is 13.3. The van der Waals surface area contributed by atoms with Crippen molar-refractivity contribution in [3.05, 3.63) is 54.6 Å². The predicted octanol–water partition coefficient (Wildman–Crippen LogP) is 2.54. The summed E-state index contributed by atoms with van der Waals surface area (Å²) in [7, 11) is 0. The average molecular weight is 508 g/mol. The van der Waals surface area contributed by atoms with Gasteiger partial charge in [0, 0.05) is 25.1 Å². The second kappa shape index (κ2) is 12.5. The predicted molar refractivity (Wildman–Crippen MR) is 138 cm³/mol. The van der Waals surface area contributed by atoms with Gasteiger partial charge in [-0.15, -0.1) is 0 Å². The van der Waals surface area contributed by atoms with Gasteiger partial charge < -0.3 is 25.4 Å². The average Bonchev–Trinajstić information content (AvgIpc) is 3.38. The number of benzene rings is 2. The molecule has 4 rings (SSSR count). The van der Waals surface area contributed by atoms with Crippen molar-refractivity contribution in [1.82, 2.24) is 10.2 Å². The van der Waals surface area contributed by atoms with Gasteiger partial charge >= 0.3 is 5.97 Å². The third kappa shape index (κ3) is 6.95. The van der Waals surface area contributed by atoms with E-state index in [-0.39, 0.29) is 38.0 Å². The molecule has 1 fully saturated rings. The number of carbonyl (C=O) groups is 4. The van der Waals surface area contributed by atoms with Gasteiger partial charge in [-0.2, -0.15) is 0 Å². The molecule has 37 heavy (non-hydrogen) atoms. The summed E-state index contributed by atoms with van der Waals surface area (Å²) in [5.41, 5.74) is 0.550. The van der Waals surface area contributed by atoms with E-state index >= 15 is 0 Å². The van der Waals surface area contributed by atoms with Gasteiger partial charge in [0.2, 0.25) is 11.8 Å². The molecule has 196 valence electrons. The van der Waals surface area contributed by atoms with Crippen LogP contribution in [0.2, 0.25) is 0 Å². The minimum atomic E-state index is -1.12. The molecule has 2 aliphatic rings. The first kappa shape index (κ1) is 26.3. The summed E-state index contributed by atoms with van der Waals surface area (Å²) in [6, 6.07) is 11.9. The van der Waals surface area contributed by atoms with Crippen molar-refractivity contribution < 1.29 is 29.0 Å². The summed E-state index contributed by atoms with van der Waals surface area (Å²) in [5.74, 6) is -2.34. The quantitative estimate of drug-likeness (QED) is 0.422. The SMILES string of the molecule is O=C1CCC=CCC(CC(=O)N2CCCC2CO)C(=O)NC(C(=O)Nc2ccc3ccccc3c2)CO1. The zero-order valence-corrected chi connectivity index (χ0v) is 20.7. The highest BCUT2D eigenvalue weighted by Gasteiger charge is 2.33. The molecule has 2 heterocycles. The number of nitrogens with zero attached hydrogens (tertiary/aromatic N) is 1. The summed E-state index contributed by atoms with van der Waals surface area (Å²) in [5, 5.41) is 17.1. The van der Waals surface area contributed by atoms with Crippen LogP contribution >= 0.6 is 0 Å². The van der Waals surface area contributed by atoms with E-state index in [9.17, 15) is 24.3 Å². The number of anilines is 1. The van der Waals surface area contributed by atoms with Crippen LogP contribution in [-0.4, -0.2) is 65.5 Å². The number of allylic oxidation sites excluding steroid dienone is 2. The Morgan fingerprint density at radius 2 is 1.92 bits per heavy atom. The van der Waals surface area contributed by atoms with Crippen molar-refractivity contribution in [2.75, 3.05) is 25.1 Å². The second-order valence-electron chi connectivity index (χ2n) is 9.51. The third-order valence-electron chi connectivity index (χ3n) is 6.86. The van der Waals surface area contributed by atoms with Gasteiger partial charge in [0.25, 0.3) is 5.91 Å². The molecule has 3 amide bonds. The van der Waals surface area contributed by atoms with Gasteiger partial charge in [0.1, 0.15) is 12.6 Å². The van der Waals surface area contributed by atoms with Gasteiger partial charge in [-0.25, -0.2) is 0 Å². The van der Waals surface area contributed by atoms with Crippen LogP contribution in [0.4, 0.5) is 5.69 Å². The molecule has 0 spiro atoms. The molecule has 2 aromatic carbocycles. The number of fused-ring (bicyclic) bond motifs is 1. The highest BCUT2D eigenvalue weighted by atomic mass is 16.5. The molecule has 2 aromatic rings. The topological polar surface area (TPSA) is 125 Å². The Labute approximate surface area is 215 Å². The van der Waals surface area contributed by atoms with Crippen molar-refractivity contribution in [2.45, 2.75) is 50.6 Å². The number of hydrogen-bond acceptors (Lipinski definition) is 6. The Morgan fingerprint density at radius 3 is 2.73 bits per heavy atom. The second-order valence-corrected chi connectivity index (χ2v) is 9.51. The van der Waals surface area contributed by atoms with Crippen molar-refractivity contribution in [3.8, 4) is 0 Å². The van der Waals surface area contributed by atoms with Crippen LogP contribution in [0.5, 0.6) is 0 Å². The molecule has 1 saturated heterocycles. The van der Waals surface area contributed by atoms with Crippen LogP contribution < -0.4 is 10.6 Å². The van der Waals surface area contributed by atoms with Crippen molar-refractivity contribution in [3.63, 3.8) is 0 Å². The molecular weight excluding hydrogens is 474 g/mol. The first-order valence-corrected chi connectivity index (χ1v) is 12.8. The summed E-state index contributed by atoms with van der Waals surface area (Å²) in [6.07, 6.45) is 5.98. The number of aliphatic hydroxyl groups is 1. The first-order chi connectivity index (χ1) is 17.9. The smallest absolute Gasteiger partial charge is 0.306 e. The summed E-state index contributed by atoms with van der Waals surface area (Å²) in [4.78, 5) is 53.1. The maximum Gasteiger partial charge on any atom is 0.306 e. The molecule has 3 atom stereocenters. The van der Waals surface area contributed by atoms with E-state index in [1.165, 1.54) is 0 Å². The first-order valence-electron chi connectivity index (χ1n) is 12.8. The number of rotatable bonds is 5. The van der Waals surface area contributed by atoms with E-state index in [1.54, 1.807) is 23.1 Å². The molecule has 9 heteroatoms. The van der Waals surface area contributed by atoms with Gasteiger partial charge in [-0.3, -0.25) is 19.2 Å². The van der Waals surface area contributed by atoms with Crippen LogP contribution in [-0.2, 0) is 23.9 Å². The minimum Gasteiger partial charge on any atom is -0.463 e. The Balaban J connectivity index is 1.49. The maximum absolute atomic E-state index is 13.3. The number of aliphatic hydroxyl groups excluding tert-OH is 1. The van der Waals surface area contributed by atoms with Gasteiger partial charge in [-0.1, -0.05) is 42.5 Å². The van der Waals surface area contributed by atoms with E-state index in [1.807, 2.05) is 36.4 Å². The molecule has 0 aromatic heterocycles. The number of hydrogen-bond donors (Lipinski definition) is 3. The number of likely N-dealkylation sites (tertiary alicyclic amines) is 1. The molecule has 0 saturated carbocycles. The highest BCUT2D eigenvalue weighted by Crippen LogP contribution is 2.22. The molecule has 0 aliphatic carbocycles. The van der Waals surface area contributed by atoms with Gasteiger partial charge in [0.05, 0.1) is 18.6 Å². The summed E-state index contributed by atoms with van der Waals surface area (Å²) >= 11 is 0. The van der Waals surface area contributed by atoms with E-state index in [0.29, 0.717) is 25.1 Å². The fraction of sp³-hybridized carbons (Fsp3) is 0.429. The molecule has 0 bridgehead atoms. The standard InChI is InChI=1S/C28H33N3O6/c32-17-23-10-6-14-31(23)25(33)16-21-9-2-1-3-11-26(34)37-18-24(30-27(21)35)28(36)29-22-13-12-19-7-4-5-8-20(19)15-22/h1-2,4-5,7-8,12-13,15,21,23-24,32H,3,6,9-11,14,16-18H2,(H,29,36)(H,30,35). The fourth-order valence-corrected chi connectivity index (χ4v) is 4.76. The Hall–Kier alpha value is -3.72. The lowest BCUT2D eigenvalue weighted by Gasteiger charge is -2.26. The number of esters is 1. The fourth-order valence-electron chi connectivity index (χ4n) is 4.76. The van der Waals surface area contributed by atoms with Gasteiger partial charge in [0.15, 0.2) is 0 Å². The number of nitrogens with one attached hydrogen (secondary N) is 2. The molecule has 3 N–H and O–H groups in total. The van der Waals surface area contributed by atoms with E-state index < -0.39 is 29.7 Å². The summed E-state index contributed by atoms with van der Waals surface area (Å²) in [6.45, 7) is 0.138. The summed E-state index contributed by atoms with van der Waals surface area (Å²) < 4.78 is 5.28. The number of cyclic esters (lactones) is 1. The Kier molecular flexibility index (Phi) is 8.90. The van der Waals surface area contributed by atoms with Crippen LogP contribution in [0.25, 0.3) is 10.8 Å². The largest absolute Gasteiger partial charge is 0.463 e. The van der Waals surface area contributed by atoms with Crippen LogP contribution in [0.1, 0.15) is 38.5 Å². The molecule has 9 nitrogen and oxygen atoms in total. The number of ether oxygens (including phenoxy) is 1. The Bertz CT molecular complexity index is 1180. The van der Waals surface area contributed by atoms with Crippen molar-refractivity contribution >= 4 is 40.2 Å².